The number of aryl methyl sites for hydroxylation is 1. The maximum absolute atomic E-state index is 11.7. The molecule has 0 spiro atoms. The third-order valence-electron chi connectivity index (χ3n) is 3.21. The molecule has 114 valence electrons. The van der Waals surface area contributed by atoms with Gasteiger partial charge in [0, 0.05) is 33.0 Å². The predicted molar refractivity (Wildman–Crippen MR) is 84.8 cm³/mol. The summed E-state index contributed by atoms with van der Waals surface area (Å²) in [5.74, 6) is -0.0508. The van der Waals surface area contributed by atoms with Gasteiger partial charge in [-0.05, 0) is 18.4 Å². The van der Waals surface area contributed by atoms with Gasteiger partial charge < -0.3 is 10.2 Å². The molecule has 0 heterocycles. The first-order valence-corrected chi connectivity index (χ1v) is 7.30. The lowest BCUT2D eigenvalue weighted by molar-refractivity contribution is -0.129. The molecule has 0 unspecified atom stereocenters. The molecule has 0 aliphatic heterocycles. The van der Waals surface area contributed by atoms with Gasteiger partial charge in [0.05, 0.1) is 0 Å². The van der Waals surface area contributed by atoms with E-state index in [0.717, 1.165) is 12.8 Å². The molecule has 1 N–H and O–H groups in total. The van der Waals surface area contributed by atoms with Crippen LogP contribution in [0.25, 0.3) is 0 Å². The largest absolute Gasteiger partial charge is 0.356 e. The second-order valence-corrected chi connectivity index (χ2v) is 4.94. The van der Waals surface area contributed by atoms with Crippen LogP contribution in [0.1, 0.15) is 25.3 Å². The Kier molecular flexibility index (Phi) is 7.87. The Bertz CT molecular complexity index is 457. The van der Waals surface area contributed by atoms with Crippen molar-refractivity contribution >= 4 is 11.8 Å². The first-order chi connectivity index (χ1) is 10.1. The second kappa shape index (κ2) is 9.75. The van der Waals surface area contributed by atoms with Crippen LogP contribution in [0.2, 0.25) is 0 Å². The Hall–Kier alpha value is -2.10. The van der Waals surface area contributed by atoms with Crippen LogP contribution >= 0.6 is 0 Å². The summed E-state index contributed by atoms with van der Waals surface area (Å²) >= 11 is 0. The lowest BCUT2D eigenvalue weighted by Crippen LogP contribution is -2.34. The summed E-state index contributed by atoms with van der Waals surface area (Å²) in [6.45, 7) is 6.69. The van der Waals surface area contributed by atoms with Gasteiger partial charge in [0.2, 0.25) is 11.8 Å². The van der Waals surface area contributed by atoms with Crippen LogP contribution in [0.3, 0.4) is 0 Å². The van der Waals surface area contributed by atoms with Crippen LogP contribution in [0.15, 0.2) is 43.0 Å². The SMILES string of the molecule is C=CCN(CCC(=O)NCCCc1ccccc1)C(C)=O. The highest BCUT2D eigenvalue weighted by molar-refractivity contribution is 5.78. The number of hydrogen-bond donors (Lipinski definition) is 1. The number of hydrogen-bond acceptors (Lipinski definition) is 2. The molecule has 4 heteroatoms. The van der Waals surface area contributed by atoms with Crippen molar-refractivity contribution in [1.29, 1.82) is 0 Å². The zero-order valence-electron chi connectivity index (χ0n) is 12.7. The Morgan fingerprint density at radius 2 is 2.00 bits per heavy atom. The smallest absolute Gasteiger partial charge is 0.221 e. The summed E-state index contributed by atoms with van der Waals surface area (Å²) in [5.41, 5.74) is 1.28. The maximum Gasteiger partial charge on any atom is 0.221 e. The fourth-order valence-corrected chi connectivity index (χ4v) is 2.02. The van der Waals surface area contributed by atoms with E-state index in [1.54, 1.807) is 11.0 Å². The molecule has 4 nitrogen and oxygen atoms in total. The van der Waals surface area contributed by atoms with Gasteiger partial charge >= 0.3 is 0 Å². The molecule has 1 aromatic rings. The highest BCUT2D eigenvalue weighted by Crippen LogP contribution is 2.01. The summed E-state index contributed by atoms with van der Waals surface area (Å²) in [4.78, 5) is 24.6. The molecule has 0 aromatic heterocycles. The molecular weight excluding hydrogens is 264 g/mol. The van der Waals surface area contributed by atoms with Gasteiger partial charge in [-0.15, -0.1) is 6.58 Å². The molecule has 0 aliphatic rings. The van der Waals surface area contributed by atoms with Gasteiger partial charge in [0.25, 0.3) is 0 Å². The van der Waals surface area contributed by atoms with Crippen LogP contribution in [-0.2, 0) is 16.0 Å². The summed E-state index contributed by atoms with van der Waals surface area (Å²) in [5, 5.41) is 2.89. The molecule has 0 radical (unpaired) electrons. The summed E-state index contributed by atoms with van der Waals surface area (Å²) in [7, 11) is 0. The molecule has 1 rings (SSSR count). The molecule has 0 atom stereocenters. The molecule has 0 aliphatic carbocycles. The van der Waals surface area contributed by atoms with Crippen molar-refractivity contribution in [1.82, 2.24) is 10.2 Å². The van der Waals surface area contributed by atoms with Crippen LogP contribution in [0.4, 0.5) is 0 Å². The predicted octanol–water partition coefficient (Wildman–Crippen LogP) is 2.16. The van der Waals surface area contributed by atoms with E-state index in [-0.39, 0.29) is 11.8 Å². The molecular formula is C17H24N2O2. The topological polar surface area (TPSA) is 49.4 Å². The van der Waals surface area contributed by atoms with Crippen LogP contribution in [0, 0.1) is 0 Å². The van der Waals surface area contributed by atoms with Gasteiger partial charge in [-0.25, -0.2) is 0 Å². The van der Waals surface area contributed by atoms with Crippen LogP contribution in [-0.4, -0.2) is 36.3 Å². The van der Waals surface area contributed by atoms with Crippen molar-refractivity contribution in [2.24, 2.45) is 0 Å². The van der Waals surface area contributed by atoms with Crippen molar-refractivity contribution in [2.45, 2.75) is 26.2 Å². The van der Waals surface area contributed by atoms with Crippen molar-refractivity contribution in [3.05, 3.63) is 48.6 Å². The maximum atomic E-state index is 11.7. The minimum atomic E-state index is -0.0354. The van der Waals surface area contributed by atoms with E-state index in [1.165, 1.54) is 12.5 Å². The van der Waals surface area contributed by atoms with Crippen molar-refractivity contribution in [3.63, 3.8) is 0 Å². The summed E-state index contributed by atoms with van der Waals surface area (Å²) < 4.78 is 0. The molecule has 0 saturated carbocycles. The average molecular weight is 288 g/mol. The third-order valence-corrected chi connectivity index (χ3v) is 3.21. The highest BCUT2D eigenvalue weighted by atomic mass is 16.2. The zero-order valence-corrected chi connectivity index (χ0v) is 12.7. The summed E-state index contributed by atoms with van der Waals surface area (Å²) in [6.07, 6.45) is 3.87. The molecule has 0 fully saturated rings. The number of carbonyl (C=O) groups excluding carboxylic acids is 2. The zero-order chi connectivity index (χ0) is 15.5. The third kappa shape index (κ3) is 7.30. The average Bonchev–Trinajstić information content (AvgIpc) is 2.48. The van der Waals surface area contributed by atoms with Crippen molar-refractivity contribution < 1.29 is 9.59 Å². The van der Waals surface area contributed by atoms with Gasteiger partial charge in [-0.2, -0.15) is 0 Å². The number of carbonyl (C=O) groups is 2. The number of benzene rings is 1. The van der Waals surface area contributed by atoms with E-state index >= 15 is 0 Å². The van der Waals surface area contributed by atoms with E-state index in [2.05, 4.69) is 24.0 Å². The molecule has 21 heavy (non-hydrogen) atoms. The Balaban J connectivity index is 2.16. The van der Waals surface area contributed by atoms with Gasteiger partial charge in [-0.1, -0.05) is 36.4 Å². The lowest BCUT2D eigenvalue weighted by Gasteiger charge is -2.18. The molecule has 1 aromatic carbocycles. The van der Waals surface area contributed by atoms with Crippen LogP contribution < -0.4 is 5.32 Å². The van der Waals surface area contributed by atoms with Crippen molar-refractivity contribution in [3.8, 4) is 0 Å². The standard InChI is InChI=1S/C17H24N2O2/c1-3-13-19(15(2)20)14-11-17(21)18-12-7-10-16-8-5-4-6-9-16/h3-6,8-9H,1,7,10-14H2,2H3,(H,18,21). The highest BCUT2D eigenvalue weighted by Gasteiger charge is 2.09. The first-order valence-electron chi connectivity index (χ1n) is 7.30. The van der Waals surface area contributed by atoms with Crippen molar-refractivity contribution in [2.75, 3.05) is 19.6 Å². The molecule has 0 saturated heterocycles. The molecule has 0 bridgehead atoms. The fourth-order valence-electron chi connectivity index (χ4n) is 2.02. The van der Waals surface area contributed by atoms with Crippen LogP contribution in [0.5, 0.6) is 0 Å². The normalized spacial score (nSPS) is 9.95. The van der Waals surface area contributed by atoms with Gasteiger partial charge in [-0.3, -0.25) is 9.59 Å². The first kappa shape index (κ1) is 17.0. The van der Waals surface area contributed by atoms with Gasteiger partial charge in [0.1, 0.15) is 0 Å². The lowest BCUT2D eigenvalue weighted by atomic mass is 10.1. The van der Waals surface area contributed by atoms with E-state index in [4.69, 9.17) is 0 Å². The Morgan fingerprint density at radius 1 is 1.29 bits per heavy atom. The quantitative estimate of drug-likeness (QED) is 0.559. The van der Waals surface area contributed by atoms with E-state index < -0.39 is 0 Å². The second-order valence-electron chi connectivity index (χ2n) is 4.94. The number of nitrogens with one attached hydrogen (secondary N) is 1. The Morgan fingerprint density at radius 3 is 2.62 bits per heavy atom. The minimum absolute atomic E-state index is 0.0154. The molecule has 2 amide bonds. The van der Waals surface area contributed by atoms with E-state index in [9.17, 15) is 9.59 Å². The number of nitrogens with zero attached hydrogens (tertiary/aromatic N) is 1. The van der Waals surface area contributed by atoms with E-state index in [1.807, 2.05) is 18.2 Å². The number of rotatable bonds is 9. The summed E-state index contributed by atoms with van der Waals surface area (Å²) in [6, 6.07) is 10.2. The van der Waals surface area contributed by atoms with Gasteiger partial charge in [0.15, 0.2) is 0 Å². The fraction of sp³-hybridized carbons (Fsp3) is 0.412. The Labute approximate surface area is 126 Å². The minimum Gasteiger partial charge on any atom is -0.356 e. The number of amides is 2. The van der Waals surface area contributed by atoms with E-state index in [0.29, 0.717) is 26.1 Å². The monoisotopic (exact) mass is 288 g/mol.